The second-order valence-electron chi connectivity index (χ2n) is 4.75. The summed E-state index contributed by atoms with van der Waals surface area (Å²) in [6, 6.07) is 15.0. The zero-order valence-corrected chi connectivity index (χ0v) is 17.1. The van der Waals surface area contributed by atoms with E-state index in [0.29, 0.717) is 5.56 Å². The first-order valence-corrected chi connectivity index (χ1v) is 9.15. The van der Waals surface area contributed by atoms with Gasteiger partial charge in [-0.05, 0) is 36.9 Å². The van der Waals surface area contributed by atoms with Crippen LogP contribution < -0.4 is 0 Å². The van der Waals surface area contributed by atoms with Crippen LogP contribution >= 0.6 is 0 Å². The molecule has 0 spiro atoms. The maximum Gasteiger partial charge on any atom is 0.336 e. The summed E-state index contributed by atoms with van der Waals surface area (Å²) in [4.78, 5) is 13.4. The average Bonchev–Trinajstić information content (AvgIpc) is 2.66. The van der Waals surface area contributed by atoms with Crippen LogP contribution in [0.25, 0.3) is 11.1 Å². The summed E-state index contributed by atoms with van der Waals surface area (Å²) < 4.78 is 0. The SMILES string of the molecule is CC.CC.CC.CN(C)Cc1ccccc1-c1ccccc1C(=O)O. The first-order chi connectivity index (χ1) is 12.1. The van der Waals surface area contributed by atoms with Gasteiger partial charge < -0.3 is 10.0 Å². The molecule has 2 rings (SSSR count). The molecule has 0 saturated heterocycles. The lowest BCUT2D eigenvalue weighted by atomic mass is 9.95. The van der Waals surface area contributed by atoms with Crippen LogP contribution in [0.4, 0.5) is 0 Å². The van der Waals surface area contributed by atoms with Crippen LogP contribution in [0.1, 0.15) is 57.5 Å². The molecule has 2 aromatic carbocycles. The number of nitrogens with zero attached hydrogens (tertiary/aromatic N) is 1. The highest BCUT2D eigenvalue weighted by Crippen LogP contribution is 2.27. The summed E-state index contributed by atoms with van der Waals surface area (Å²) in [5.41, 5.74) is 3.22. The fourth-order valence-electron chi connectivity index (χ4n) is 2.17. The van der Waals surface area contributed by atoms with E-state index in [2.05, 4.69) is 4.90 Å². The third kappa shape index (κ3) is 8.50. The van der Waals surface area contributed by atoms with E-state index in [0.717, 1.165) is 23.2 Å². The zero-order chi connectivity index (χ0) is 19.8. The van der Waals surface area contributed by atoms with Gasteiger partial charge in [0.05, 0.1) is 5.56 Å². The molecular formula is C22H35NO2. The fraction of sp³-hybridized carbons (Fsp3) is 0.409. The highest BCUT2D eigenvalue weighted by Gasteiger charge is 2.13. The molecule has 0 aliphatic heterocycles. The minimum Gasteiger partial charge on any atom is -0.478 e. The Hall–Kier alpha value is -2.13. The molecule has 0 atom stereocenters. The van der Waals surface area contributed by atoms with Crippen molar-refractivity contribution in [2.24, 2.45) is 0 Å². The first kappa shape index (κ1) is 25.1. The van der Waals surface area contributed by atoms with Crippen molar-refractivity contribution >= 4 is 5.97 Å². The van der Waals surface area contributed by atoms with Crippen LogP contribution in [0.2, 0.25) is 0 Å². The minimum atomic E-state index is -0.893. The molecule has 0 unspecified atom stereocenters. The number of carbonyl (C=O) groups is 1. The Labute approximate surface area is 154 Å². The number of hydrogen-bond acceptors (Lipinski definition) is 2. The Morgan fingerprint density at radius 3 is 1.72 bits per heavy atom. The molecule has 0 fully saturated rings. The van der Waals surface area contributed by atoms with Crippen molar-refractivity contribution in [2.75, 3.05) is 14.1 Å². The van der Waals surface area contributed by atoms with Crippen molar-refractivity contribution in [1.29, 1.82) is 0 Å². The van der Waals surface area contributed by atoms with Gasteiger partial charge in [-0.25, -0.2) is 4.79 Å². The van der Waals surface area contributed by atoms with Crippen LogP contribution in [0.15, 0.2) is 48.5 Å². The second-order valence-corrected chi connectivity index (χ2v) is 4.75. The zero-order valence-electron chi connectivity index (χ0n) is 17.1. The molecular weight excluding hydrogens is 310 g/mol. The van der Waals surface area contributed by atoms with Gasteiger partial charge in [-0.2, -0.15) is 0 Å². The van der Waals surface area contributed by atoms with E-state index in [4.69, 9.17) is 0 Å². The van der Waals surface area contributed by atoms with Crippen molar-refractivity contribution in [3.8, 4) is 11.1 Å². The molecule has 0 saturated carbocycles. The molecule has 0 heterocycles. The number of hydrogen-bond donors (Lipinski definition) is 1. The number of benzene rings is 2. The van der Waals surface area contributed by atoms with E-state index in [9.17, 15) is 9.90 Å². The van der Waals surface area contributed by atoms with E-state index in [1.807, 2.05) is 92.0 Å². The molecule has 0 amide bonds. The van der Waals surface area contributed by atoms with Crippen LogP contribution in [-0.2, 0) is 6.54 Å². The molecule has 1 N–H and O–H groups in total. The molecule has 0 aliphatic rings. The Morgan fingerprint density at radius 1 is 0.800 bits per heavy atom. The van der Waals surface area contributed by atoms with Gasteiger partial charge in [-0.1, -0.05) is 84.0 Å². The van der Waals surface area contributed by atoms with Crippen molar-refractivity contribution in [3.05, 3.63) is 59.7 Å². The number of carboxylic acid groups (broad SMARTS) is 1. The molecule has 3 heteroatoms. The molecule has 140 valence electrons. The third-order valence-electron chi connectivity index (χ3n) is 2.95. The smallest absolute Gasteiger partial charge is 0.336 e. The lowest BCUT2D eigenvalue weighted by molar-refractivity contribution is 0.0697. The lowest BCUT2D eigenvalue weighted by Crippen LogP contribution is -2.12. The fourth-order valence-corrected chi connectivity index (χ4v) is 2.17. The number of carboxylic acids is 1. The molecule has 3 nitrogen and oxygen atoms in total. The summed E-state index contributed by atoms with van der Waals surface area (Å²) in [5.74, 6) is -0.893. The maximum atomic E-state index is 11.3. The Balaban J connectivity index is 0. The van der Waals surface area contributed by atoms with Gasteiger partial charge in [-0.15, -0.1) is 0 Å². The Morgan fingerprint density at radius 2 is 1.24 bits per heavy atom. The third-order valence-corrected chi connectivity index (χ3v) is 2.95. The summed E-state index contributed by atoms with van der Waals surface area (Å²) in [7, 11) is 4.00. The predicted molar refractivity (Wildman–Crippen MR) is 110 cm³/mol. The molecule has 0 aliphatic carbocycles. The monoisotopic (exact) mass is 345 g/mol. The maximum absolute atomic E-state index is 11.3. The lowest BCUT2D eigenvalue weighted by Gasteiger charge is -2.15. The van der Waals surface area contributed by atoms with Gasteiger partial charge in [0, 0.05) is 6.54 Å². The van der Waals surface area contributed by atoms with Gasteiger partial charge in [0.15, 0.2) is 0 Å². The Bertz CT molecular complexity index is 592. The van der Waals surface area contributed by atoms with Crippen LogP contribution in [0.3, 0.4) is 0 Å². The highest BCUT2D eigenvalue weighted by molar-refractivity contribution is 5.96. The van der Waals surface area contributed by atoms with Gasteiger partial charge in [0.25, 0.3) is 0 Å². The number of rotatable bonds is 4. The summed E-state index contributed by atoms with van der Waals surface area (Å²) in [6.07, 6.45) is 0. The van der Waals surface area contributed by atoms with Gasteiger partial charge in [0.2, 0.25) is 0 Å². The first-order valence-electron chi connectivity index (χ1n) is 9.15. The van der Waals surface area contributed by atoms with Crippen molar-refractivity contribution in [2.45, 2.75) is 48.1 Å². The molecule has 2 aromatic rings. The molecule has 25 heavy (non-hydrogen) atoms. The van der Waals surface area contributed by atoms with Gasteiger partial charge in [-0.3, -0.25) is 0 Å². The second kappa shape index (κ2) is 15.4. The van der Waals surface area contributed by atoms with E-state index >= 15 is 0 Å². The molecule has 0 bridgehead atoms. The van der Waals surface area contributed by atoms with Gasteiger partial charge in [0.1, 0.15) is 0 Å². The normalized spacial score (nSPS) is 8.84. The van der Waals surface area contributed by atoms with Crippen molar-refractivity contribution in [1.82, 2.24) is 4.90 Å². The standard InChI is InChI=1S/C16H17NO2.3C2H6/c1-17(2)11-12-7-3-4-8-13(12)14-9-5-6-10-15(14)16(18)19;3*1-2/h3-10H,11H2,1-2H3,(H,18,19);3*1-2H3. The number of aromatic carboxylic acids is 1. The van der Waals surface area contributed by atoms with Crippen LogP contribution in [-0.4, -0.2) is 30.1 Å². The van der Waals surface area contributed by atoms with Gasteiger partial charge >= 0.3 is 5.97 Å². The summed E-state index contributed by atoms with van der Waals surface area (Å²) in [5, 5.41) is 9.29. The van der Waals surface area contributed by atoms with Crippen LogP contribution in [0.5, 0.6) is 0 Å². The topological polar surface area (TPSA) is 40.5 Å². The van der Waals surface area contributed by atoms with Crippen LogP contribution in [0, 0.1) is 0 Å². The Kier molecular flexibility index (Phi) is 15.5. The van der Waals surface area contributed by atoms with Crippen molar-refractivity contribution < 1.29 is 9.90 Å². The minimum absolute atomic E-state index is 0.341. The average molecular weight is 346 g/mol. The highest BCUT2D eigenvalue weighted by atomic mass is 16.4. The van der Waals surface area contributed by atoms with Crippen molar-refractivity contribution in [3.63, 3.8) is 0 Å². The van der Waals surface area contributed by atoms with E-state index in [1.165, 1.54) is 0 Å². The largest absolute Gasteiger partial charge is 0.478 e. The summed E-state index contributed by atoms with van der Waals surface area (Å²) >= 11 is 0. The van der Waals surface area contributed by atoms with E-state index < -0.39 is 5.97 Å². The summed E-state index contributed by atoms with van der Waals surface area (Å²) in [6.45, 7) is 12.8. The molecule has 0 radical (unpaired) electrons. The molecule has 0 aromatic heterocycles. The van der Waals surface area contributed by atoms with E-state index in [1.54, 1.807) is 12.1 Å². The van der Waals surface area contributed by atoms with E-state index in [-0.39, 0.29) is 0 Å². The predicted octanol–water partition coefficient (Wildman–Crippen LogP) is 6.19. The quantitative estimate of drug-likeness (QED) is 0.718.